The van der Waals surface area contributed by atoms with E-state index in [0.29, 0.717) is 0 Å². The van der Waals surface area contributed by atoms with Gasteiger partial charge in [0, 0.05) is 82.7 Å². The maximum absolute atomic E-state index is 6.32. The summed E-state index contributed by atoms with van der Waals surface area (Å²) in [5.74, 6) is 2.61. The monoisotopic (exact) mass is 440 g/mol. The Labute approximate surface area is 191 Å². The zero-order valence-corrected chi connectivity index (χ0v) is 19.6. The van der Waals surface area contributed by atoms with Crippen molar-refractivity contribution < 1.29 is 9.47 Å². The maximum atomic E-state index is 6.32. The smallest absolute Gasteiger partial charge is 0.225 e. The van der Waals surface area contributed by atoms with Gasteiger partial charge in [0.1, 0.15) is 17.6 Å². The summed E-state index contributed by atoms with van der Waals surface area (Å²) in [6.45, 7) is 8.99. The standard InChI is InChI=1S/C24H36N6O2/c1-4-19-16-26-24(27-17-19)29-9-7-21(8-10-29)32-22-6-5-20(23(15-22)31-3)18-28-11-13-30(25-2)14-12-28/h5-6,15-17,21,25H,4,7-14,18H2,1-3H3. The Morgan fingerprint density at radius 1 is 1.03 bits per heavy atom. The summed E-state index contributed by atoms with van der Waals surface area (Å²) < 4.78 is 12.0. The first-order valence-corrected chi connectivity index (χ1v) is 11.7. The largest absolute Gasteiger partial charge is 0.496 e. The van der Waals surface area contributed by atoms with Crippen LogP contribution in [0.5, 0.6) is 11.5 Å². The molecule has 0 saturated carbocycles. The van der Waals surface area contributed by atoms with Crippen molar-refractivity contribution >= 4 is 5.95 Å². The Morgan fingerprint density at radius 3 is 2.38 bits per heavy atom. The molecule has 2 aliphatic rings. The van der Waals surface area contributed by atoms with E-state index in [1.54, 1.807) is 7.11 Å². The van der Waals surface area contributed by atoms with E-state index in [1.807, 2.05) is 25.5 Å². The number of benzene rings is 1. The number of nitrogens with zero attached hydrogens (tertiary/aromatic N) is 5. The number of hydrazine groups is 1. The zero-order valence-electron chi connectivity index (χ0n) is 19.6. The van der Waals surface area contributed by atoms with Crippen LogP contribution >= 0.6 is 0 Å². The van der Waals surface area contributed by atoms with E-state index in [1.165, 1.54) is 11.1 Å². The van der Waals surface area contributed by atoms with Crippen molar-refractivity contribution in [3.05, 3.63) is 41.7 Å². The molecule has 8 nitrogen and oxygen atoms in total. The molecule has 8 heteroatoms. The number of rotatable bonds is 8. The topological polar surface area (TPSA) is 66.0 Å². The predicted octanol–water partition coefficient (Wildman–Crippen LogP) is 2.35. The molecule has 4 rings (SSSR count). The van der Waals surface area contributed by atoms with Crippen molar-refractivity contribution in [2.24, 2.45) is 0 Å². The molecule has 1 N–H and O–H groups in total. The molecular formula is C24H36N6O2. The molecule has 2 saturated heterocycles. The molecule has 32 heavy (non-hydrogen) atoms. The first-order valence-electron chi connectivity index (χ1n) is 11.7. The molecule has 0 bridgehead atoms. The Morgan fingerprint density at radius 2 is 1.75 bits per heavy atom. The van der Waals surface area contributed by atoms with E-state index in [-0.39, 0.29) is 6.10 Å². The van der Waals surface area contributed by atoms with E-state index in [2.05, 4.69) is 49.3 Å². The predicted molar refractivity (Wildman–Crippen MR) is 126 cm³/mol. The number of anilines is 1. The molecule has 1 aromatic carbocycles. The van der Waals surface area contributed by atoms with E-state index < -0.39 is 0 Å². The second kappa shape index (κ2) is 10.9. The van der Waals surface area contributed by atoms with Gasteiger partial charge in [0.2, 0.25) is 5.95 Å². The zero-order chi connectivity index (χ0) is 22.3. The van der Waals surface area contributed by atoms with E-state index in [4.69, 9.17) is 9.47 Å². The van der Waals surface area contributed by atoms with Gasteiger partial charge in [0.25, 0.3) is 0 Å². The number of hydrogen-bond donors (Lipinski definition) is 1. The highest BCUT2D eigenvalue weighted by Crippen LogP contribution is 2.28. The molecule has 174 valence electrons. The molecule has 2 fully saturated rings. The molecule has 2 aliphatic heterocycles. The lowest BCUT2D eigenvalue weighted by atomic mass is 10.1. The summed E-state index contributed by atoms with van der Waals surface area (Å²) >= 11 is 0. The van der Waals surface area contributed by atoms with Gasteiger partial charge in [-0.3, -0.25) is 10.3 Å². The van der Waals surface area contributed by atoms with Gasteiger partial charge >= 0.3 is 0 Å². The third-order valence-corrected chi connectivity index (χ3v) is 6.47. The average Bonchev–Trinajstić information content (AvgIpc) is 2.86. The van der Waals surface area contributed by atoms with Crippen molar-refractivity contribution in [1.82, 2.24) is 25.3 Å². The Bertz CT molecular complexity index is 846. The van der Waals surface area contributed by atoms with Gasteiger partial charge in [0.15, 0.2) is 0 Å². The van der Waals surface area contributed by atoms with Gasteiger partial charge in [-0.25, -0.2) is 15.0 Å². The van der Waals surface area contributed by atoms with E-state index in [0.717, 1.165) is 82.5 Å². The number of piperazine rings is 1. The average molecular weight is 441 g/mol. The molecule has 0 radical (unpaired) electrons. The van der Waals surface area contributed by atoms with Crippen LogP contribution in [0, 0.1) is 0 Å². The first kappa shape index (κ1) is 22.8. The molecule has 3 heterocycles. The molecular weight excluding hydrogens is 404 g/mol. The number of hydrogen-bond acceptors (Lipinski definition) is 8. The van der Waals surface area contributed by atoms with Crippen LogP contribution in [0.3, 0.4) is 0 Å². The second-order valence-electron chi connectivity index (χ2n) is 8.51. The van der Waals surface area contributed by atoms with Gasteiger partial charge in [0.05, 0.1) is 7.11 Å². The van der Waals surface area contributed by atoms with Crippen LogP contribution in [-0.4, -0.2) is 79.4 Å². The van der Waals surface area contributed by atoms with Gasteiger partial charge in [-0.2, -0.15) is 0 Å². The number of aryl methyl sites for hydroxylation is 1. The number of aromatic nitrogens is 2. The fourth-order valence-electron chi connectivity index (χ4n) is 4.36. The Balaban J connectivity index is 1.30. The Kier molecular flexibility index (Phi) is 7.78. The first-order chi connectivity index (χ1) is 15.7. The van der Waals surface area contributed by atoms with Crippen molar-refractivity contribution in [3.63, 3.8) is 0 Å². The van der Waals surface area contributed by atoms with Crippen LogP contribution in [0.15, 0.2) is 30.6 Å². The van der Waals surface area contributed by atoms with Crippen molar-refractivity contribution in [2.45, 2.75) is 38.8 Å². The van der Waals surface area contributed by atoms with Crippen molar-refractivity contribution in [2.75, 3.05) is 58.3 Å². The third kappa shape index (κ3) is 5.68. The summed E-state index contributed by atoms with van der Waals surface area (Å²) in [6, 6.07) is 6.27. The normalized spacial score (nSPS) is 18.7. The molecule has 0 atom stereocenters. The second-order valence-corrected chi connectivity index (χ2v) is 8.51. The SMILES string of the molecule is CCc1cnc(N2CCC(Oc3ccc(CN4CCN(NC)CC4)c(OC)c3)CC2)nc1. The summed E-state index contributed by atoms with van der Waals surface area (Å²) in [5.41, 5.74) is 5.61. The number of piperidine rings is 1. The molecule has 2 aromatic rings. The quantitative estimate of drug-likeness (QED) is 0.671. The highest BCUT2D eigenvalue weighted by atomic mass is 16.5. The number of ether oxygens (including phenoxy) is 2. The van der Waals surface area contributed by atoms with Gasteiger partial charge in [-0.05, 0) is 25.1 Å². The minimum Gasteiger partial charge on any atom is -0.496 e. The van der Waals surface area contributed by atoms with Crippen LogP contribution in [-0.2, 0) is 13.0 Å². The molecule has 0 unspecified atom stereocenters. The highest BCUT2D eigenvalue weighted by Gasteiger charge is 2.23. The summed E-state index contributed by atoms with van der Waals surface area (Å²) in [4.78, 5) is 13.8. The van der Waals surface area contributed by atoms with Crippen LogP contribution in [0.4, 0.5) is 5.95 Å². The molecule has 0 amide bonds. The lowest BCUT2D eigenvalue weighted by Crippen LogP contribution is -2.50. The van der Waals surface area contributed by atoms with Crippen LogP contribution in [0.25, 0.3) is 0 Å². The summed E-state index contributed by atoms with van der Waals surface area (Å²) in [5, 5.41) is 2.25. The fourth-order valence-corrected chi connectivity index (χ4v) is 4.36. The van der Waals surface area contributed by atoms with Gasteiger partial charge in [-0.1, -0.05) is 13.0 Å². The molecule has 0 spiro atoms. The van der Waals surface area contributed by atoms with Gasteiger partial charge in [-0.15, -0.1) is 0 Å². The molecule has 1 aromatic heterocycles. The number of nitrogens with one attached hydrogen (secondary N) is 1. The lowest BCUT2D eigenvalue weighted by Gasteiger charge is -2.34. The summed E-state index contributed by atoms with van der Waals surface area (Å²) in [6.07, 6.45) is 6.94. The van der Waals surface area contributed by atoms with E-state index in [9.17, 15) is 0 Å². The lowest BCUT2D eigenvalue weighted by molar-refractivity contribution is 0.0941. The Hall–Kier alpha value is -2.42. The highest BCUT2D eigenvalue weighted by molar-refractivity contribution is 5.41. The fraction of sp³-hybridized carbons (Fsp3) is 0.583. The summed E-state index contributed by atoms with van der Waals surface area (Å²) in [7, 11) is 3.72. The maximum Gasteiger partial charge on any atom is 0.225 e. The third-order valence-electron chi connectivity index (χ3n) is 6.47. The van der Waals surface area contributed by atoms with Crippen LogP contribution in [0.2, 0.25) is 0 Å². The van der Waals surface area contributed by atoms with Crippen molar-refractivity contribution in [3.8, 4) is 11.5 Å². The van der Waals surface area contributed by atoms with Gasteiger partial charge < -0.3 is 14.4 Å². The van der Waals surface area contributed by atoms with E-state index >= 15 is 0 Å². The van der Waals surface area contributed by atoms with Crippen LogP contribution in [0.1, 0.15) is 30.9 Å². The molecule has 0 aliphatic carbocycles. The van der Waals surface area contributed by atoms with Crippen LogP contribution < -0.4 is 19.8 Å². The minimum atomic E-state index is 0.200. The number of methoxy groups -OCH3 is 1. The minimum absolute atomic E-state index is 0.200. The van der Waals surface area contributed by atoms with Crippen molar-refractivity contribution in [1.29, 1.82) is 0 Å².